The van der Waals surface area contributed by atoms with Crippen molar-refractivity contribution < 1.29 is 14.6 Å². The Hall–Kier alpha value is -1.43. The standard InChI is InChI=1S/C19H26N2O3/c1-14-4-5-17-15(7-14)3-2-6-21(17)18(23)9-20-8-16-10-24-13-19(16,11-20)12-22/h4-5,7,16,22H,2-3,6,8-13H2,1H3/t16-,19-/m0/s1. The molecule has 1 aromatic carbocycles. The summed E-state index contributed by atoms with van der Waals surface area (Å²) in [5, 5.41) is 9.78. The molecule has 24 heavy (non-hydrogen) atoms. The van der Waals surface area contributed by atoms with E-state index in [1.165, 1.54) is 11.1 Å². The highest BCUT2D eigenvalue weighted by Crippen LogP contribution is 2.40. The van der Waals surface area contributed by atoms with Crippen LogP contribution in [0.5, 0.6) is 0 Å². The number of aliphatic hydroxyl groups excluding tert-OH is 1. The van der Waals surface area contributed by atoms with Gasteiger partial charge < -0.3 is 14.7 Å². The first-order valence-corrected chi connectivity index (χ1v) is 8.92. The van der Waals surface area contributed by atoms with Gasteiger partial charge in [-0.1, -0.05) is 17.7 Å². The van der Waals surface area contributed by atoms with E-state index in [1.54, 1.807) is 0 Å². The summed E-state index contributed by atoms with van der Waals surface area (Å²) in [7, 11) is 0. The van der Waals surface area contributed by atoms with E-state index in [0.717, 1.165) is 38.2 Å². The first-order valence-electron chi connectivity index (χ1n) is 8.92. The van der Waals surface area contributed by atoms with Gasteiger partial charge in [-0.15, -0.1) is 0 Å². The highest BCUT2D eigenvalue weighted by Gasteiger charge is 2.50. The number of rotatable bonds is 3. The Bertz CT molecular complexity index is 647. The Morgan fingerprint density at radius 2 is 2.33 bits per heavy atom. The van der Waals surface area contributed by atoms with E-state index < -0.39 is 0 Å². The highest BCUT2D eigenvalue weighted by atomic mass is 16.5. The summed E-state index contributed by atoms with van der Waals surface area (Å²) in [5.41, 5.74) is 3.46. The van der Waals surface area contributed by atoms with E-state index >= 15 is 0 Å². The topological polar surface area (TPSA) is 53.0 Å². The van der Waals surface area contributed by atoms with Gasteiger partial charge >= 0.3 is 0 Å². The second-order valence-electron chi connectivity index (χ2n) is 7.68. The van der Waals surface area contributed by atoms with Crippen molar-refractivity contribution in [2.75, 3.05) is 50.9 Å². The number of fused-ring (bicyclic) bond motifs is 2. The van der Waals surface area contributed by atoms with Gasteiger partial charge in [0.15, 0.2) is 0 Å². The highest BCUT2D eigenvalue weighted by molar-refractivity contribution is 5.96. The van der Waals surface area contributed by atoms with Crippen LogP contribution >= 0.6 is 0 Å². The monoisotopic (exact) mass is 330 g/mol. The van der Waals surface area contributed by atoms with Crippen molar-refractivity contribution >= 4 is 11.6 Å². The fraction of sp³-hybridized carbons (Fsp3) is 0.632. The number of hydrogen-bond acceptors (Lipinski definition) is 4. The molecule has 3 heterocycles. The van der Waals surface area contributed by atoms with Crippen LogP contribution in [-0.4, -0.2) is 61.9 Å². The molecule has 3 aliphatic heterocycles. The predicted octanol–water partition coefficient (Wildman–Crippen LogP) is 1.21. The van der Waals surface area contributed by atoms with Gasteiger partial charge in [0.1, 0.15) is 0 Å². The van der Waals surface area contributed by atoms with Crippen LogP contribution in [0.25, 0.3) is 0 Å². The zero-order valence-electron chi connectivity index (χ0n) is 14.3. The number of ether oxygens (including phenoxy) is 1. The van der Waals surface area contributed by atoms with Crippen LogP contribution in [0.2, 0.25) is 0 Å². The van der Waals surface area contributed by atoms with Gasteiger partial charge in [-0.05, 0) is 31.4 Å². The number of anilines is 1. The molecule has 5 nitrogen and oxygen atoms in total. The van der Waals surface area contributed by atoms with E-state index in [9.17, 15) is 9.90 Å². The summed E-state index contributed by atoms with van der Waals surface area (Å²) in [5.74, 6) is 0.528. The number of likely N-dealkylation sites (tertiary alicyclic amines) is 1. The predicted molar refractivity (Wildman–Crippen MR) is 92.1 cm³/mol. The maximum absolute atomic E-state index is 12.9. The zero-order valence-corrected chi connectivity index (χ0v) is 14.3. The molecule has 0 unspecified atom stereocenters. The number of carbonyl (C=O) groups is 1. The molecule has 2 saturated heterocycles. The first kappa shape index (κ1) is 16.1. The molecule has 4 rings (SSSR count). The summed E-state index contributed by atoms with van der Waals surface area (Å²) in [6.45, 7) is 6.41. The van der Waals surface area contributed by atoms with Gasteiger partial charge in [-0.25, -0.2) is 0 Å². The SMILES string of the molecule is Cc1ccc2c(c1)CCCN2C(=O)CN1C[C@H]2COC[C@@]2(CO)C1. The molecule has 130 valence electrons. The molecule has 0 spiro atoms. The Morgan fingerprint density at radius 3 is 3.12 bits per heavy atom. The molecule has 0 saturated carbocycles. The Balaban J connectivity index is 1.47. The quantitative estimate of drug-likeness (QED) is 0.905. The summed E-state index contributed by atoms with van der Waals surface area (Å²) in [6, 6.07) is 6.37. The molecule has 0 aliphatic carbocycles. The molecule has 1 N–H and O–H groups in total. The zero-order chi connectivity index (χ0) is 16.7. The second kappa shape index (κ2) is 6.14. The fourth-order valence-electron chi connectivity index (χ4n) is 4.55. The summed E-state index contributed by atoms with van der Waals surface area (Å²) >= 11 is 0. The number of hydrogen-bond donors (Lipinski definition) is 1. The van der Waals surface area contributed by atoms with Crippen LogP contribution in [0.3, 0.4) is 0 Å². The minimum atomic E-state index is -0.156. The number of amides is 1. The first-order chi connectivity index (χ1) is 11.6. The molecule has 1 amide bonds. The average molecular weight is 330 g/mol. The lowest BCUT2D eigenvalue weighted by Crippen LogP contribution is -2.43. The summed E-state index contributed by atoms with van der Waals surface area (Å²) < 4.78 is 5.55. The molecule has 0 bridgehead atoms. The van der Waals surface area contributed by atoms with E-state index in [0.29, 0.717) is 25.7 Å². The van der Waals surface area contributed by atoms with Crippen LogP contribution in [0.1, 0.15) is 17.5 Å². The molecule has 3 aliphatic rings. The van der Waals surface area contributed by atoms with Crippen LogP contribution < -0.4 is 4.90 Å². The Kier molecular flexibility index (Phi) is 4.11. The molecular weight excluding hydrogens is 304 g/mol. The Labute approximate surface area is 143 Å². The Morgan fingerprint density at radius 1 is 1.46 bits per heavy atom. The van der Waals surface area contributed by atoms with Crippen molar-refractivity contribution in [3.63, 3.8) is 0 Å². The largest absolute Gasteiger partial charge is 0.396 e. The molecular formula is C19H26N2O3. The maximum Gasteiger partial charge on any atom is 0.241 e. The molecule has 5 heteroatoms. The molecule has 2 fully saturated rings. The van der Waals surface area contributed by atoms with Gasteiger partial charge in [0.25, 0.3) is 0 Å². The molecule has 0 aromatic heterocycles. The normalized spacial score (nSPS) is 29.6. The third-order valence-electron chi connectivity index (χ3n) is 5.92. The smallest absolute Gasteiger partial charge is 0.241 e. The third kappa shape index (κ3) is 2.65. The number of benzene rings is 1. The van der Waals surface area contributed by atoms with Crippen LogP contribution in [-0.2, 0) is 16.0 Å². The average Bonchev–Trinajstić information content (AvgIpc) is 3.10. The van der Waals surface area contributed by atoms with Gasteiger partial charge in [0.05, 0.1) is 26.4 Å². The van der Waals surface area contributed by atoms with E-state index in [2.05, 4.69) is 30.0 Å². The van der Waals surface area contributed by atoms with E-state index in [-0.39, 0.29) is 17.9 Å². The van der Waals surface area contributed by atoms with Crippen molar-refractivity contribution in [1.82, 2.24) is 4.90 Å². The van der Waals surface area contributed by atoms with Crippen LogP contribution in [0, 0.1) is 18.3 Å². The lowest BCUT2D eigenvalue weighted by molar-refractivity contribution is -0.119. The van der Waals surface area contributed by atoms with Crippen molar-refractivity contribution in [2.45, 2.75) is 19.8 Å². The van der Waals surface area contributed by atoms with Crippen molar-refractivity contribution in [1.29, 1.82) is 0 Å². The summed E-state index contributed by atoms with van der Waals surface area (Å²) in [4.78, 5) is 17.1. The molecule has 2 atom stereocenters. The third-order valence-corrected chi connectivity index (χ3v) is 5.92. The lowest BCUT2D eigenvalue weighted by Gasteiger charge is -2.31. The minimum absolute atomic E-state index is 0.147. The van der Waals surface area contributed by atoms with E-state index in [4.69, 9.17) is 4.74 Å². The lowest BCUT2D eigenvalue weighted by atomic mass is 9.82. The van der Waals surface area contributed by atoms with Crippen molar-refractivity contribution in [3.05, 3.63) is 29.3 Å². The second-order valence-corrected chi connectivity index (χ2v) is 7.68. The number of carbonyl (C=O) groups excluding carboxylic acids is 1. The van der Waals surface area contributed by atoms with Gasteiger partial charge in [-0.3, -0.25) is 9.69 Å². The molecule has 1 aromatic rings. The maximum atomic E-state index is 12.9. The van der Waals surface area contributed by atoms with Crippen molar-refractivity contribution in [3.8, 4) is 0 Å². The number of aryl methyl sites for hydroxylation is 2. The molecule has 0 radical (unpaired) electrons. The van der Waals surface area contributed by atoms with Gasteiger partial charge in [0.2, 0.25) is 5.91 Å². The van der Waals surface area contributed by atoms with Gasteiger partial charge in [-0.2, -0.15) is 0 Å². The fourth-order valence-corrected chi connectivity index (χ4v) is 4.55. The van der Waals surface area contributed by atoms with Gasteiger partial charge in [0, 0.05) is 36.7 Å². The number of aliphatic hydroxyl groups is 1. The van der Waals surface area contributed by atoms with Crippen LogP contribution in [0.15, 0.2) is 18.2 Å². The van der Waals surface area contributed by atoms with Crippen molar-refractivity contribution in [2.24, 2.45) is 11.3 Å². The minimum Gasteiger partial charge on any atom is -0.396 e. The number of nitrogens with zero attached hydrogens (tertiary/aromatic N) is 2. The summed E-state index contributed by atoms with van der Waals surface area (Å²) in [6.07, 6.45) is 2.08. The van der Waals surface area contributed by atoms with E-state index in [1.807, 2.05) is 4.90 Å². The van der Waals surface area contributed by atoms with Crippen LogP contribution in [0.4, 0.5) is 5.69 Å².